The summed E-state index contributed by atoms with van der Waals surface area (Å²) in [7, 11) is 0. The van der Waals surface area contributed by atoms with Crippen molar-refractivity contribution < 1.29 is 9.53 Å². The van der Waals surface area contributed by atoms with E-state index in [4.69, 9.17) is 4.74 Å². The summed E-state index contributed by atoms with van der Waals surface area (Å²) in [5, 5.41) is 0. The molecule has 1 aromatic carbocycles. The SMILES string of the molecule is CC#CCC/C=C(\C)CC(C=O)OCc1ccccc1. The van der Waals surface area contributed by atoms with Crippen LogP contribution in [0.5, 0.6) is 0 Å². The number of benzene rings is 1. The molecule has 1 atom stereocenters. The number of carbonyl (C=O) groups is 1. The lowest BCUT2D eigenvalue weighted by Gasteiger charge is -2.12. The van der Waals surface area contributed by atoms with Gasteiger partial charge in [-0.3, -0.25) is 0 Å². The Morgan fingerprint density at radius 2 is 2.10 bits per heavy atom. The van der Waals surface area contributed by atoms with E-state index in [1.807, 2.05) is 44.2 Å². The van der Waals surface area contributed by atoms with Crippen molar-refractivity contribution in [3.05, 3.63) is 47.5 Å². The van der Waals surface area contributed by atoms with E-state index >= 15 is 0 Å². The van der Waals surface area contributed by atoms with E-state index in [0.717, 1.165) is 24.7 Å². The lowest BCUT2D eigenvalue weighted by molar-refractivity contribution is -0.118. The molecule has 20 heavy (non-hydrogen) atoms. The predicted molar refractivity (Wildman–Crippen MR) is 82.1 cm³/mol. The molecule has 0 spiro atoms. The molecule has 2 heteroatoms. The van der Waals surface area contributed by atoms with Gasteiger partial charge in [0.1, 0.15) is 12.4 Å². The molecule has 0 aliphatic heterocycles. The highest BCUT2D eigenvalue weighted by Gasteiger charge is 2.08. The number of hydrogen-bond donors (Lipinski definition) is 0. The Bertz CT molecular complexity index is 477. The highest BCUT2D eigenvalue weighted by atomic mass is 16.5. The van der Waals surface area contributed by atoms with Gasteiger partial charge >= 0.3 is 0 Å². The summed E-state index contributed by atoms with van der Waals surface area (Å²) in [5.41, 5.74) is 2.26. The van der Waals surface area contributed by atoms with Gasteiger partial charge in [0.25, 0.3) is 0 Å². The standard InChI is InChI=1S/C18H22O2/c1-3-4-5-7-10-16(2)13-18(14-19)20-15-17-11-8-6-9-12-17/h6,8-12,14,18H,5,7,13,15H2,1-2H3/b16-10+. The molecule has 1 aromatic rings. The van der Waals surface area contributed by atoms with Gasteiger partial charge in [-0.1, -0.05) is 42.0 Å². The number of rotatable bonds is 8. The maximum atomic E-state index is 11.1. The van der Waals surface area contributed by atoms with E-state index in [0.29, 0.717) is 13.0 Å². The van der Waals surface area contributed by atoms with Crippen LogP contribution in [0.3, 0.4) is 0 Å². The number of allylic oxidation sites excluding steroid dienone is 1. The Labute approximate surface area is 121 Å². The minimum atomic E-state index is -0.372. The van der Waals surface area contributed by atoms with Crippen molar-refractivity contribution in [3.8, 4) is 11.8 Å². The molecule has 1 rings (SSSR count). The Hall–Kier alpha value is -1.85. The third kappa shape index (κ3) is 6.92. The molecule has 106 valence electrons. The first-order chi connectivity index (χ1) is 9.76. The fourth-order valence-electron chi connectivity index (χ4n) is 1.84. The number of unbranched alkanes of at least 4 members (excludes halogenated alkanes) is 1. The largest absolute Gasteiger partial charge is 0.366 e. The van der Waals surface area contributed by atoms with Crippen LogP contribution < -0.4 is 0 Å². The lowest BCUT2D eigenvalue weighted by Crippen LogP contribution is -2.14. The van der Waals surface area contributed by atoms with Crippen LogP contribution in [0.25, 0.3) is 0 Å². The molecule has 0 bridgehead atoms. The summed E-state index contributed by atoms with van der Waals surface area (Å²) in [6, 6.07) is 9.89. The van der Waals surface area contributed by atoms with Gasteiger partial charge in [0.15, 0.2) is 0 Å². The first kappa shape index (κ1) is 16.2. The average Bonchev–Trinajstić information content (AvgIpc) is 2.49. The molecule has 0 fully saturated rings. The molecule has 0 radical (unpaired) electrons. The maximum Gasteiger partial charge on any atom is 0.149 e. The smallest absolute Gasteiger partial charge is 0.149 e. The number of ether oxygens (including phenoxy) is 1. The van der Waals surface area contributed by atoms with Gasteiger partial charge in [0, 0.05) is 12.8 Å². The summed E-state index contributed by atoms with van der Waals surface area (Å²) < 4.78 is 5.64. The number of carbonyl (C=O) groups excluding carboxylic acids is 1. The zero-order chi connectivity index (χ0) is 14.6. The lowest BCUT2D eigenvalue weighted by atomic mass is 10.1. The molecule has 0 saturated heterocycles. The minimum Gasteiger partial charge on any atom is -0.366 e. The quantitative estimate of drug-likeness (QED) is 0.310. The summed E-state index contributed by atoms with van der Waals surface area (Å²) in [6.45, 7) is 4.34. The fraction of sp³-hybridized carbons (Fsp3) is 0.389. The molecule has 2 nitrogen and oxygen atoms in total. The Morgan fingerprint density at radius 1 is 1.35 bits per heavy atom. The van der Waals surface area contributed by atoms with Gasteiger partial charge in [-0.05, 0) is 25.8 Å². The molecule has 0 aliphatic rings. The molecular weight excluding hydrogens is 248 g/mol. The molecule has 0 aliphatic carbocycles. The second-order valence-corrected chi connectivity index (χ2v) is 4.69. The summed E-state index contributed by atoms with van der Waals surface area (Å²) in [4.78, 5) is 11.1. The van der Waals surface area contributed by atoms with Gasteiger partial charge < -0.3 is 9.53 Å². The molecule has 0 saturated carbocycles. The first-order valence-electron chi connectivity index (χ1n) is 6.92. The van der Waals surface area contributed by atoms with E-state index in [9.17, 15) is 4.79 Å². The van der Waals surface area contributed by atoms with Crippen molar-refractivity contribution in [1.29, 1.82) is 0 Å². The van der Waals surface area contributed by atoms with Crippen molar-refractivity contribution in [1.82, 2.24) is 0 Å². The van der Waals surface area contributed by atoms with Crippen LogP contribution in [0.15, 0.2) is 42.0 Å². The van der Waals surface area contributed by atoms with Gasteiger partial charge in [0.05, 0.1) is 6.61 Å². The van der Waals surface area contributed by atoms with E-state index in [2.05, 4.69) is 17.9 Å². The Morgan fingerprint density at radius 3 is 2.75 bits per heavy atom. The van der Waals surface area contributed by atoms with Crippen LogP contribution in [0.2, 0.25) is 0 Å². The molecular formula is C18H22O2. The van der Waals surface area contributed by atoms with Crippen LogP contribution in [-0.2, 0) is 16.1 Å². The van der Waals surface area contributed by atoms with Crippen LogP contribution >= 0.6 is 0 Å². The third-order valence-corrected chi connectivity index (χ3v) is 2.92. The molecule has 0 heterocycles. The second-order valence-electron chi connectivity index (χ2n) is 4.69. The maximum absolute atomic E-state index is 11.1. The predicted octanol–water partition coefficient (Wildman–Crippen LogP) is 3.91. The number of aldehydes is 1. The fourth-order valence-corrected chi connectivity index (χ4v) is 1.84. The van der Waals surface area contributed by atoms with Gasteiger partial charge in [0.2, 0.25) is 0 Å². The summed E-state index contributed by atoms with van der Waals surface area (Å²) >= 11 is 0. The van der Waals surface area contributed by atoms with Crippen LogP contribution in [0.1, 0.15) is 38.7 Å². The van der Waals surface area contributed by atoms with E-state index in [1.165, 1.54) is 5.57 Å². The number of hydrogen-bond acceptors (Lipinski definition) is 2. The van der Waals surface area contributed by atoms with Crippen molar-refractivity contribution >= 4 is 6.29 Å². The van der Waals surface area contributed by atoms with Crippen LogP contribution in [0.4, 0.5) is 0 Å². The highest BCUT2D eigenvalue weighted by Crippen LogP contribution is 2.11. The van der Waals surface area contributed by atoms with E-state index < -0.39 is 0 Å². The van der Waals surface area contributed by atoms with Crippen molar-refractivity contribution in [2.75, 3.05) is 0 Å². The van der Waals surface area contributed by atoms with E-state index in [1.54, 1.807) is 0 Å². The van der Waals surface area contributed by atoms with Crippen LogP contribution in [0, 0.1) is 11.8 Å². The van der Waals surface area contributed by atoms with Gasteiger partial charge in [-0.25, -0.2) is 0 Å². The Balaban J connectivity index is 2.38. The molecule has 0 amide bonds. The third-order valence-electron chi connectivity index (χ3n) is 2.92. The zero-order valence-electron chi connectivity index (χ0n) is 12.3. The highest BCUT2D eigenvalue weighted by molar-refractivity contribution is 5.56. The van der Waals surface area contributed by atoms with Crippen molar-refractivity contribution in [2.24, 2.45) is 0 Å². The van der Waals surface area contributed by atoms with Crippen molar-refractivity contribution in [2.45, 2.75) is 45.8 Å². The molecule has 0 aromatic heterocycles. The topological polar surface area (TPSA) is 26.3 Å². The van der Waals surface area contributed by atoms with Gasteiger partial charge in [-0.15, -0.1) is 11.8 Å². The molecule has 1 unspecified atom stereocenters. The minimum absolute atomic E-state index is 0.372. The second kappa shape index (κ2) is 10.00. The summed E-state index contributed by atoms with van der Waals surface area (Å²) in [5.74, 6) is 5.89. The summed E-state index contributed by atoms with van der Waals surface area (Å²) in [6.07, 6.45) is 5.08. The Kier molecular flexibility index (Phi) is 8.10. The zero-order valence-corrected chi connectivity index (χ0v) is 12.3. The van der Waals surface area contributed by atoms with Crippen LogP contribution in [-0.4, -0.2) is 12.4 Å². The van der Waals surface area contributed by atoms with Gasteiger partial charge in [-0.2, -0.15) is 0 Å². The molecule has 0 N–H and O–H groups in total. The van der Waals surface area contributed by atoms with Crippen molar-refractivity contribution in [3.63, 3.8) is 0 Å². The monoisotopic (exact) mass is 270 g/mol. The normalized spacial score (nSPS) is 12.4. The average molecular weight is 270 g/mol. The first-order valence-corrected chi connectivity index (χ1v) is 6.92. The van der Waals surface area contributed by atoms with E-state index in [-0.39, 0.29) is 6.10 Å².